The van der Waals surface area contributed by atoms with Crippen LogP contribution in [0.1, 0.15) is 48.5 Å². The molecular formula is C10H24OSi. The van der Waals surface area contributed by atoms with E-state index in [1.54, 1.807) is 0 Å². The van der Waals surface area contributed by atoms with Crippen LogP contribution in [0, 0.1) is 0 Å². The van der Waals surface area contributed by atoms with Gasteiger partial charge >= 0.3 is 0 Å². The first-order chi connectivity index (χ1) is 5.14. The van der Waals surface area contributed by atoms with E-state index in [2.05, 4.69) is 48.5 Å². The van der Waals surface area contributed by atoms with Gasteiger partial charge in [-0.2, -0.15) is 0 Å². The summed E-state index contributed by atoms with van der Waals surface area (Å²) in [5.74, 6) is 0. The van der Waals surface area contributed by atoms with Gasteiger partial charge in [0.15, 0.2) is 8.32 Å². The lowest BCUT2D eigenvalue weighted by atomic mass is 10.2. The molecule has 1 nitrogen and oxygen atoms in total. The van der Waals surface area contributed by atoms with Crippen molar-refractivity contribution in [1.29, 1.82) is 0 Å². The van der Waals surface area contributed by atoms with Crippen LogP contribution in [0.15, 0.2) is 0 Å². The molecular weight excluding hydrogens is 164 g/mol. The molecule has 0 rings (SSSR count). The molecule has 0 bridgehead atoms. The van der Waals surface area contributed by atoms with Crippen LogP contribution in [0.2, 0.25) is 16.1 Å². The second-order valence-corrected chi connectivity index (χ2v) is 10.8. The van der Waals surface area contributed by atoms with Crippen molar-refractivity contribution < 1.29 is 4.80 Å². The van der Waals surface area contributed by atoms with E-state index in [1.807, 2.05) is 0 Å². The Balaban J connectivity index is 4.89. The zero-order valence-electron chi connectivity index (χ0n) is 9.60. The van der Waals surface area contributed by atoms with Gasteiger partial charge in [0.2, 0.25) is 0 Å². The van der Waals surface area contributed by atoms with E-state index in [4.69, 9.17) is 0 Å². The molecule has 2 heteroatoms. The van der Waals surface area contributed by atoms with Crippen molar-refractivity contribution in [2.45, 2.75) is 64.6 Å². The Hall–Kier alpha value is 0.177. The normalized spacial score (nSPS) is 14.5. The van der Waals surface area contributed by atoms with Crippen LogP contribution < -0.4 is 0 Å². The quantitative estimate of drug-likeness (QED) is 0.657. The molecule has 0 amide bonds. The van der Waals surface area contributed by atoms with Gasteiger partial charge in [-0.25, -0.2) is 0 Å². The lowest BCUT2D eigenvalue weighted by molar-refractivity contribution is 0.432. The molecule has 0 aliphatic rings. The van der Waals surface area contributed by atoms with Crippen molar-refractivity contribution in [3.8, 4) is 0 Å². The summed E-state index contributed by atoms with van der Waals surface area (Å²) < 4.78 is 0. The van der Waals surface area contributed by atoms with Gasteiger partial charge in [-0.05, 0) is 16.1 Å². The molecule has 0 saturated heterocycles. The summed E-state index contributed by atoms with van der Waals surface area (Å²) in [6.07, 6.45) is 0. The minimum atomic E-state index is -2.11. The van der Waals surface area contributed by atoms with Gasteiger partial charge in [-0.15, -0.1) is 0 Å². The van der Waals surface area contributed by atoms with Crippen molar-refractivity contribution in [2.24, 2.45) is 0 Å². The average molecular weight is 188 g/mol. The third kappa shape index (κ3) is 1.91. The maximum Gasteiger partial charge on any atom is 0.198 e. The lowest BCUT2D eigenvalue weighted by Crippen LogP contribution is -2.49. The molecule has 0 aliphatic carbocycles. The van der Waals surface area contributed by atoms with E-state index < -0.39 is 8.32 Å². The summed E-state index contributed by atoms with van der Waals surface area (Å²) in [5, 5.41) is 0.0926. The molecule has 0 saturated carbocycles. The predicted molar refractivity (Wildman–Crippen MR) is 57.9 cm³/mol. The fraction of sp³-hybridized carbons (Fsp3) is 1.00. The second kappa shape index (κ2) is 3.50. The van der Waals surface area contributed by atoms with Gasteiger partial charge < -0.3 is 4.80 Å². The summed E-state index contributed by atoms with van der Waals surface area (Å²) in [7, 11) is -2.11. The van der Waals surface area contributed by atoms with Gasteiger partial charge in [0.1, 0.15) is 0 Å². The maximum absolute atomic E-state index is 10.6. The molecule has 1 N–H and O–H groups in total. The topological polar surface area (TPSA) is 20.2 Å². The smallest absolute Gasteiger partial charge is 0.198 e. The SMILES string of the molecule is CC(C)[Si](O)(C(C)C)C(C)(C)C. The molecule has 0 unspecified atom stereocenters. The highest BCUT2D eigenvalue weighted by Crippen LogP contribution is 2.47. The van der Waals surface area contributed by atoms with Crippen LogP contribution in [0.4, 0.5) is 0 Å². The van der Waals surface area contributed by atoms with Gasteiger partial charge in [-0.3, -0.25) is 0 Å². The van der Waals surface area contributed by atoms with E-state index in [1.165, 1.54) is 0 Å². The standard InChI is InChI=1S/C10H24OSi/c1-8(2)12(11,9(3)4)10(5,6)7/h8-9,11H,1-7H3. The van der Waals surface area contributed by atoms with Crippen molar-refractivity contribution in [2.75, 3.05) is 0 Å². The summed E-state index contributed by atoms with van der Waals surface area (Å²) >= 11 is 0. The van der Waals surface area contributed by atoms with Crippen LogP contribution in [0.3, 0.4) is 0 Å². The van der Waals surface area contributed by atoms with Gasteiger partial charge in [0.25, 0.3) is 0 Å². The third-order valence-corrected chi connectivity index (χ3v) is 8.89. The largest absolute Gasteiger partial charge is 0.431 e. The summed E-state index contributed by atoms with van der Waals surface area (Å²) in [6, 6.07) is 0. The molecule has 0 radical (unpaired) electrons. The van der Waals surface area contributed by atoms with Crippen LogP contribution in [0.5, 0.6) is 0 Å². The molecule has 0 spiro atoms. The Labute approximate surface area is 78.3 Å². The molecule has 74 valence electrons. The molecule has 0 fully saturated rings. The van der Waals surface area contributed by atoms with E-state index in [-0.39, 0.29) is 5.04 Å². The number of hydrogen-bond donors (Lipinski definition) is 1. The lowest BCUT2D eigenvalue weighted by Gasteiger charge is -2.44. The van der Waals surface area contributed by atoms with Crippen molar-refractivity contribution >= 4 is 8.32 Å². The maximum atomic E-state index is 10.6. The van der Waals surface area contributed by atoms with Gasteiger partial charge in [-0.1, -0.05) is 48.5 Å². The fourth-order valence-electron chi connectivity index (χ4n) is 2.40. The molecule has 0 atom stereocenters. The first kappa shape index (κ1) is 12.2. The van der Waals surface area contributed by atoms with Crippen LogP contribution >= 0.6 is 0 Å². The molecule has 0 heterocycles. The predicted octanol–water partition coefficient (Wildman–Crippen LogP) is 3.54. The Morgan fingerprint density at radius 3 is 1.17 bits per heavy atom. The van der Waals surface area contributed by atoms with E-state index in [9.17, 15) is 4.80 Å². The molecule has 0 aromatic carbocycles. The molecule has 0 aliphatic heterocycles. The highest BCUT2D eigenvalue weighted by atomic mass is 28.4. The Bertz CT molecular complexity index is 136. The minimum Gasteiger partial charge on any atom is -0.431 e. The van der Waals surface area contributed by atoms with Crippen molar-refractivity contribution in [3.05, 3.63) is 0 Å². The van der Waals surface area contributed by atoms with Crippen LogP contribution in [0.25, 0.3) is 0 Å². The van der Waals surface area contributed by atoms with Gasteiger partial charge in [0.05, 0.1) is 0 Å². The van der Waals surface area contributed by atoms with Gasteiger partial charge in [0, 0.05) is 0 Å². The van der Waals surface area contributed by atoms with Crippen molar-refractivity contribution in [3.63, 3.8) is 0 Å². The Morgan fingerprint density at radius 2 is 1.17 bits per heavy atom. The Morgan fingerprint density at radius 1 is 0.917 bits per heavy atom. The first-order valence-corrected chi connectivity index (χ1v) is 6.96. The highest BCUT2D eigenvalue weighted by molar-refractivity contribution is 6.77. The van der Waals surface area contributed by atoms with E-state index >= 15 is 0 Å². The zero-order valence-corrected chi connectivity index (χ0v) is 10.6. The van der Waals surface area contributed by atoms with Crippen molar-refractivity contribution in [1.82, 2.24) is 0 Å². The fourth-order valence-corrected chi connectivity index (χ4v) is 7.20. The van der Waals surface area contributed by atoms with E-state index in [0.717, 1.165) is 0 Å². The van der Waals surface area contributed by atoms with Crippen LogP contribution in [-0.2, 0) is 0 Å². The third-order valence-electron chi connectivity index (χ3n) is 2.96. The highest BCUT2D eigenvalue weighted by Gasteiger charge is 2.48. The zero-order chi connectivity index (χ0) is 10.2. The van der Waals surface area contributed by atoms with E-state index in [0.29, 0.717) is 11.1 Å². The molecule has 12 heavy (non-hydrogen) atoms. The molecule has 0 aromatic heterocycles. The number of rotatable bonds is 2. The second-order valence-electron chi connectivity index (χ2n) is 5.38. The van der Waals surface area contributed by atoms with Crippen LogP contribution in [-0.4, -0.2) is 13.1 Å². The Kier molecular flexibility index (Phi) is 3.56. The summed E-state index contributed by atoms with van der Waals surface area (Å²) in [5.41, 5.74) is 0.884. The molecule has 0 aromatic rings. The minimum absolute atomic E-state index is 0.0926. The first-order valence-electron chi connectivity index (χ1n) is 4.86. The monoisotopic (exact) mass is 188 g/mol. The summed E-state index contributed by atoms with van der Waals surface area (Å²) in [4.78, 5) is 10.6. The summed E-state index contributed by atoms with van der Waals surface area (Å²) in [6.45, 7) is 15.1. The average Bonchev–Trinajstić information content (AvgIpc) is 1.82. The number of hydrogen-bond acceptors (Lipinski definition) is 1.